The van der Waals surface area contributed by atoms with Gasteiger partial charge in [-0.25, -0.2) is 0 Å². The third-order valence-corrected chi connectivity index (χ3v) is 6.89. The van der Waals surface area contributed by atoms with Crippen LogP contribution in [0, 0.1) is 16.7 Å². The van der Waals surface area contributed by atoms with Crippen LogP contribution in [0.4, 0.5) is 0 Å². The zero-order chi connectivity index (χ0) is 15.3. The highest BCUT2D eigenvalue weighted by atomic mass is 16.5. The smallest absolute Gasteiger partial charge is 0.106 e. The number of hydrogen-bond acceptors (Lipinski definition) is 2. The van der Waals surface area contributed by atoms with Crippen molar-refractivity contribution in [1.82, 2.24) is 5.32 Å². The van der Waals surface area contributed by atoms with Gasteiger partial charge in [0, 0.05) is 5.41 Å². The van der Waals surface area contributed by atoms with E-state index in [9.17, 15) is 0 Å². The summed E-state index contributed by atoms with van der Waals surface area (Å²) >= 11 is 0. The average Bonchev–Trinajstić information content (AvgIpc) is 2.80. The van der Waals surface area contributed by atoms with Gasteiger partial charge in [0.05, 0.1) is 0 Å². The van der Waals surface area contributed by atoms with Gasteiger partial charge in [-0.2, -0.15) is 0 Å². The minimum Gasteiger partial charge on any atom is -0.352 e. The molecule has 2 aliphatic carbocycles. The summed E-state index contributed by atoms with van der Waals surface area (Å²) in [6.07, 6.45) is 3.81. The van der Waals surface area contributed by atoms with E-state index in [-0.39, 0.29) is 17.2 Å². The Hall–Kier alpha value is -0.860. The fraction of sp³-hybridized carbons (Fsp3) is 0.684. The summed E-state index contributed by atoms with van der Waals surface area (Å²) in [7, 11) is 1.98. The van der Waals surface area contributed by atoms with Crippen LogP contribution in [0.2, 0.25) is 0 Å². The molecule has 4 atom stereocenters. The Morgan fingerprint density at radius 2 is 1.86 bits per heavy atom. The van der Waals surface area contributed by atoms with Gasteiger partial charge in [-0.1, -0.05) is 51.1 Å². The predicted molar refractivity (Wildman–Crippen MR) is 87.0 cm³/mol. The van der Waals surface area contributed by atoms with Gasteiger partial charge in [-0.05, 0) is 50.1 Å². The van der Waals surface area contributed by atoms with Crippen LogP contribution in [0.5, 0.6) is 0 Å². The van der Waals surface area contributed by atoms with E-state index in [1.54, 1.807) is 0 Å². The molecule has 21 heavy (non-hydrogen) atoms. The number of fused-ring (bicyclic) bond motifs is 2. The lowest BCUT2D eigenvalue weighted by atomic mass is 9.62. The third kappa shape index (κ3) is 1.85. The molecule has 1 aromatic carbocycles. The molecule has 0 radical (unpaired) electrons. The largest absolute Gasteiger partial charge is 0.352 e. The van der Waals surface area contributed by atoms with E-state index in [2.05, 4.69) is 63.3 Å². The molecule has 2 saturated carbocycles. The van der Waals surface area contributed by atoms with E-state index in [0.717, 1.165) is 12.3 Å². The molecule has 116 valence electrons. The van der Waals surface area contributed by atoms with Crippen molar-refractivity contribution in [2.75, 3.05) is 7.05 Å². The van der Waals surface area contributed by atoms with E-state index in [0.29, 0.717) is 5.41 Å². The highest BCUT2D eigenvalue weighted by molar-refractivity contribution is 5.32. The zero-order valence-corrected chi connectivity index (χ0v) is 14.1. The summed E-state index contributed by atoms with van der Waals surface area (Å²) in [5, 5.41) is 3.27. The lowest BCUT2D eigenvalue weighted by Gasteiger charge is -2.50. The maximum atomic E-state index is 6.70. The van der Waals surface area contributed by atoms with Gasteiger partial charge in [0.1, 0.15) is 11.8 Å². The van der Waals surface area contributed by atoms with E-state index < -0.39 is 0 Å². The highest BCUT2D eigenvalue weighted by Crippen LogP contribution is 2.73. The SMILES string of the molecule is CNC(C)OC1(c2ccccc2)CC2CCC1(C)C2(C)C. The summed E-state index contributed by atoms with van der Waals surface area (Å²) in [5.41, 5.74) is 1.71. The average molecular weight is 287 g/mol. The Morgan fingerprint density at radius 3 is 2.33 bits per heavy atom. The van der Waals surface area contributed by atoms with Gasteiger partial charge in [0.2, 0.25) is 0 Å². The van der Waals surface area contributed by atoms with Crippen molar-refractivity contribution in [2.45, 2.75) is 58.8 Å². The lowest BCUT2D eigenvalue weighted by molar-refractivity contribution is -0.179. The first-order valence-electron chi connectivity index (χ1n) is 8.28. The van der Waals surface area contributed by atoms with Crippen molar-refractivity contribution in [3.63, 3.8) is 0 Å². The molecule has 2 aliphatic rings. The Kier molecular flexibility index (Phi) is 3.46. The quantitative estimate of drug-likeness (QED) is 0.833. The molecule has 0 amide bonds. The second-order valence-electron chi connectivity index (χ2n) is 7.74. The van der Waals surface area contributed by atoms with Crippen LogP contribution < -0.4 is 5.32 Å². The van der Waals surface area contributed by atoms with Gasteiger partial charge in [0.25, 0.3) is 0 Å². The molecule has 2 bridgehead atoms. The van der Waals surface area contributed by atoms with Crippen molar-refractivity contribution < 1.29 is 4.74 Å². The number of rotatable bonds is 4. The Labute approximate surface area is 129 Å². The van der Waals surface area contributed by atoms with E-state index >= 15 is 0 Å². The molecule has 3 rings (SSSR count). The molecule has 1 N–H and O–H groups in total. The second-order valence-corrected chi connectivity index (χ2v) is 7.74. The predicted octanol–water partition coefficient (Wildman–Crippen LogP) is 4.31. The van der Waals surface area contributed by atoms with Crippen LogP contribution in [0.1, 0.15) is 52.5 Å². The minimum absolute atomic E-state index is 0.0668. The van der Waals surface area contributed by atoms with E-state index in [1.807, 2.05) is 7.05 Å². The molecule has 0 spiro atoms. The third-order valence-electron chi connectivity index (χ3n) is 6.89. The molecule has 2 fully saturated rings. The van der Waals surface area contributed by atoms with Gasteiger partial charge in [0.15, 0.2) is 0 Å². The van der Waals surface area contributed by atoms with Crippen molar-refractivity contribution >= 4 is 0 Å². The van der Waals surface area contributed by atoms with Crippen molar-refractivity contribution in [1.29, 1.82) is 0 Å². The number of benzene rings is 1. The number of ether oxygens (including phenoxy) is 1. The van der Waals surface area contributed by atoms with Crippen LogP contribution in [0.25, 0.3) is 0 Å². The first-order chi connectivity index (χ1) is 9.87. The standard InChI is InChI=1S/C19H29NO/c1-14(20-5)21-19(15-9-7-6-8-10-15)13-16-11-12-18(19,4)17(16,2)3/h6-10,14,16,20H,11-13H2,1-5H3. The van der Waals surface area contributed by atoms with Crippen LogP contribution in [-0.4, -0.2) is 13.3 Å². The fourth-order valence-corrected chi connectivity index (χ4v) is 5.00. The van der Waals surface area contributed by atoms with Gasteiger partial charge < -0.3 is 4.74 Å². The minimum atomic E-state index is -0.164. The van der Waals surface area contributed by atoms with Gasteiger partial charge >= 0.3 is 0 Å². The van der Waals surface area contributed by atoms with Crippen LogP contribution in [0.15, 0.2) is 30.3 Å². The van der Waals surface area contributed by atoms with Crippen molar-refractivity contribution in [2.24, 2.45) is 16.7 Å². The first kappa shape index (κ1) is 15.1. The number of nitrogens with one attached hydrogen (secondary N) is 1. The molecular weight excluding hydrogens is 258 g/mol. The molecule has 2 nitrogen and oxygen atoms in total. The number of hydrogen-bond donors (Lipinski definition) is 1. The second kappa shape index (κ2) is 4.82. The molecule has 0 aliphatic heterocycles. The van der Waals surface area contributed by atoms with Crippen LogP contribution in [-0.2, 0) is 10.3 Å². The summed E-state index contributed by atoms with van der Waals surface area (Å²) in [6, 6.07) is 10.9. The zero-order valence-electron chi connectivity index (χ0n) is 14.1. The molecular formula is C19H29NO. The lowest BCUT2D eigenvalue weighted by Crippen LogP contribution is -2.50. The highest BCUT2D eigenvalue weighted by Gasteiger charge is 2.70. The maximum absolute atomic E-state index is 6.70. The maximum Gasteiger partial charge on any atom is 0.106 e. The Bertz CT molecular complexity index is 512. The summed E-state index contributed by atoms with van der Waals surface area (Å²) in [4.78, 5) is 0. The van der Waals surface area contributed by atoms with E-state index in [1.165, 1.54) is 18.4 Å². The molecule has 4 unspecified atom stereocenters. The fourth-order valence-electron chi connectivity index (χ4n) is 5.00. The van der Waals surface area contributed by atoms with Crippen molar-refractivity contribution in [3.05, 3.63) is 35.9 Å². The molecule has 0 saturated heterocycles. The summed E-state index contributed by atoms with van der Waals surface area (Å²) in [5.74, 6) is 0.756. The summed E-state index contributed by atoms with van der Waals surface area (Å²) < 4.78 is 6.70. The normalized spacial score (nSPS) is 38.6. The molecule has 1 aromatic rings. The molecule has 0 aromatic heterocycles. The topological polar surface area (TPSA) is 21.3 Å². The summed E-state index contributed by atoms with van der Waals surface area (Å²) in [6.45, 7) is 9.47. The van der Waals surface area contributed by atoms with Gasteiger partial charge in [-0.3, -0.25) is 5.32 Å². The van der Waals surface area contributed by atoms with Crippen molar-refractivity contribution in [3.8, 4) is 0 Å². The molecule has 0 heterocycles. The molecule has 2 heteroatoms. The van der Waals surface area contributed by atoms with E-state index in [4.69, 9.17) is 4.74 Å². The van der Waals surface area contributed by atoms with Crippen LogP contribution in [0.3, 0.4) is 0 Å². The first-order valence-corrected chi connectivity index (χ1v) is 8.28. The van der Waals surface area contributed by atoms with Gasteiger partial charge in [-0.15, -0.1) is 0 Å². The van der Waals surface area contributed by atoms with Crippen LogP contribution >= 0.6 is 0 Å². The monoisotopic (exact) mass is 287 g/mol. The Morgan fingerprint density at radius 1 is 1.19 bits per heavy atom. The Balaban J connectivity index is 2.11.